The first kappa shape index (κ1) is 14.0. The molecule has 0 atom stereocenters. The van der Waals surface area contributed by atoms with Crippen molar-refractivity contribution >= 4 is 15.9 Å². The first-order valence-electron chi connectivity index (χ1n) is 5.55. The van der Waals surface area contributed by atoms with Crippen LogP contribution in [0.5, 0.6) is 5.75 Å². The largest absolute Gasteiger partial charge is 0.489 e. The summed E-state index contributed by atoms with van der Waals surface area (Å²) in [5.74, 6) is -0.637. The second-order valence-electron chi connectivity index (χ2n) is 3.98. The first-order chi connectivity index (χ1) is 9.08. The van der Waals surface area contributed by atoms with Crippen LogP contribution >= 0.6 is 15.9 Å². The van der Waals surface area contributed by atoms with Gasteiger partial charge >= 0.3 is 0 Å². The van der Waals surface area contributed by atoms with Crippen LogP contribution in [-0.4, -0.2) is 5.11 Å². The van der Waals surface area contributed by atoms with Crippen LogP contribution in [0.1, 0.15) is 11.1 Å². The summed E-state index contributed by atoms with van der Waals surface area (Å²) in [5.41, 5.74) is 0.772. The van der Waals surface area contributed by atoms with Crippen molar-refractivity contribution in [2.24, 2.45) is 0 Å². The van der Waals surface area contributed by atoms with E-state index in [1.807, 2.05) is 0 Å². The predicted octanol–water partition coefficient (Wildman–Crippen LogP) is 3.80. The van der Waals surface area contributed by atoms with Gasteiger partial charge in [-0.3, -0.25) is 0 Å². The van der Waals surface area contributed by atoms with Gasteiger partial charge in [0.05, 0.1) is 6.61 Å². The molecule has 0 radical (unpaired) electrons. The Morgan fingerprint density at radius 2 is 1.89 bits per heavy atom. The number of ether oxygens (including phenoxy) is 1. The van der Waals surface area contributed by atoms with E-state index in [-0.39, 0.29) is 24.8 Å². The van der Waals surface area contributed by atoms with Gasteiger partial charge in [-0.2, -0.15) is 0 Å². The first-order valence-corrected chi connectivity index (χ1v) is 6.35. The van der Waals surface area contributed by atoms with E-state index in [2.05, 4.69) is 15.9 Å². The van der Waals surface area contributed by atoms with E-state index in [9.17, 15) is 8.78 Å². The highest BCUT2D eigenvalue weighted by molar-refractivity contribution is 9.10. The zero-order chi connectivity index (χ0) is 13.8. The third kappa shape index (κ3) is 3.75. The summed E-state index contributed by atoms with van der Waals surface area (Å²) in [6, 6.07) is 8.43. The maximum absolute atomic E-state index is 13.5. The van der Waals surface area contributed by atoms with Crippen LogP contribution in [0, 0.1) is 11.6 Å². The van der Waals surface area contributed by atoms with Gasteiger partial charge in [0, 0.05) is 16.1 Å². The molecule has 5 heteroatoms. The van der Waals surface area contributed by atoms with Crippen molar-refractivity contribution in [3.63, 3.8) is 0 Å². The van der Waals surface area contributed by atoms with Gasteiger partial charge in [-0.1, -0.05) is 15.9 Å². The van der Waals surface area contributed by atoms with Crippen LogP contribution in [0.15, 0.2) is 40.9 Å². The molecule has 0 bridgehead atoms. The van der Waals surface area contributed by atoms with E-state index in [1.54, 1.807) is 12.1 Å². The van der Waals surface area contributed by atoms with Gasteiger partial charge in [0.2, 0.25) is 0 Å². The Labute approximate surface area is 117 Å². The predicted molar refractivity (Wildman–Crippen MR) is 70.8 cm³/mol. The molecule has 0 amide bonds. The molecule has 0 aliphatic rings. The smallest absolute Gasteiger partial charge is 0.129 e. The van der Waals surface area contributed by atoms with Crippen LogP contribution in [0.4, 0.5) is 8.78 Å². The molecule has 0 spiro atoms. The Kier molecular flexibility index (Phi) is 4.50. The van der Waals surface area contributed by atoms with Gasteiger partial charge < -0.3 is 9.84 Å². The summed E-state index contributed by atoms with van der Waals surface area (Å²) in [4.78, 5) is 0. The number of halogens is 3. The van der Waals surface area contributed by atoms with Gasteiger partial charge in [0.25, 0.3) is 0 Å². The van der Waals surface area contributed by atoms with Gasteiger partial charge in [-0.05, 0) is 35.9 Å². The Balaban J connectivity index is 2.14. The van der Waals surface area contributed by atoms with Crippen LogP contribution in [0.25, 0.3) is 0 Å². The lowest BCUT2D eigenvalue weighted by Crippen LogP contribution is -1.99. The number of rotatable bonds is 4. The summed E-state index contributed by atoms with van der Waals surface area (Å²) in [6.45, 7) is -0.293. The third-order valence-corrected chi connectivity index (χ3v) is 3.01. The number of aliphatic hydroxyl groups excluding tert-OH is 1. The summed E-state index contributed by atoms with van der Waals surface area (Å²) in [5, 5.41) is 8.96. The van der Waals surface area contributed by atoms with Gasteiger partial charge in [0.15, 0.2) is 0 Å². The lowest BCUT2D eigenvalue weighted by molar-refractivity contribution is 0.275. The highest BCUT2D eigenvalue weighted by Crippen LogP contribution is 2.20. The summed E-state index contributed by atoms with van der Waals surface area (Å²) in [6.07, 6.45) is 0. The lowest BCUT2D eigenvalue weighted by atomic mass is 10.2. The number of benzene rings is 2. The molecule has 0 saturated heterocycles. The second-order valence-corrected chi connectivity index (χ2v) is 4.89. The molecule has 0 aliphatic carbocycles. The lowest BCUT2D eigenvalue weighted by Gasteiger charge is -2.09. The molecule has 100 valence electrons. The molecule has 2 rings (SSSR count). The molecule has 0 unspecified atom stereocenters. The molecule has 2 nitrogen and oxygen atoms in total. The summed E-state index contributed by atoms with van der Waals surface area (Å²) in [7, 11) is 0. The quantitative estimate of drug-likeness (QED) is 0.925. The molecule has 2 aromatic carbocycles. The molecule has 0 aliphatic heterocycles. The molecular formula is C14H11BrF2O2. The van der Waals surface area contributed by atoms with Crippen molar-refractivity contribution in [2.45, 2.75) is 13.2 Å². The number of aliphatic hydroxyl groups is 1. The maximum atomic E-state index is 13.5. The van der Waals surface area contributed by atoms with Crippen molar-refractivity contribution in [3.05, 3.63) is 63.6 Å². The normalized spacial score (nSPS) is 10.5. The minimum absolute atomic E-state index is 0.0143. The second kappa shape index (κ2) is 6.12. The molecule has 0 aromatic heterocycles. The zero-order valence-corrected chi connectivity index (χ0v) is 11.5. The van der Waals surface area contributed by atoms with Crippen LogP contribution < -0.4 is 4.74 Å². The molecule has 1 N–H and O–H groups in total. The molecular weight excluding hydrogens is 318 g/mol. The van der Waals surface area contributed by atoms with Gasteiger partial charge in [-0.25, -0.2) is 8.78 Å². The van der Waals surface area contributed by atoms with E-state index in [1.165, 1.54) is 24.3 Å². The monoisotopic (exact) mass is 328 g/mol. The SMILES string of the molecule is OCc1cc(F)cc(OCc2cc(Br)ccc2F)c1. The van der Waals surface area contributed by atoms with Gasteiger partial charge in [0.1, 0.15) is 24.0 Å². The molecule has 0 saturated carbocycles. The van der Waals surface area contributed by atoms with Crippen molar-refractivity contribution in [3.8, 4) is 5.75 Å². The third-order valence-electron chi connectivity index (χ3n) is 2.52. The molecule has 2 aromatic rings. The van der Waals surface area contributed by atoms with Crippen LogP contribution in [0.3, 0.4) is 0 Å². The molecule has 19 heavy (non-hydrogen) atoms. The van der Waals surface area contributed by atoms with E-state index in [0.717, 1.165) is 4.47 Å². The Morgan fingerprint density at radius 3 is 2.63 bits per heavy atom. The Morgan fingerprint density at radius 1 is 1.11 bits per heavy atom. The average molecular weight is 329 g/mol. The topological polar surface area (TPSA) is 29.5 Å². The minimum atomic E-state index is -0.503. The fraction of sp³-hybridized carbons (Fsp3) is 0.143. The zero-order valence-electron chi connectivity index (χ0n) is 9.87. The van der Waals surface area contributed by atoms with Crippen LogP contribution in [-0.2, 0) is 13.2 Å². The summed E-state index contributed by atoms with van der Waals surface area (Å²) >= 11 is 3.24. The van der Waals surface area contributed by atoms with Crippen molar-refractivity contribution in [2.75, 3.05) is 0 Å². The van der Waals surface area contributed by atoms with E-state index < -0.39 is 5.82 Å². The molecule has 0 fully saturated rings. The number of hydrogen-bond donors (Lipinski definition) is 1. The minimum Gasteiger partial charge on any atom is -0.489 e. The van der Waals surface area contributed by atoms with Crippen molar-refractivity contribution in [1.82, 2.24) is 0 Å². The fourth-order valence-corrected chi connectivity index (χ4v) is 2.02. The standard InChI is InChI=1S/C14H11BrF2O2/c15-11-1-2-14(17)10(5-11)8-19-13-4-9(7-18)3-12(16)6-13/h1-6,18H,7-8H2. The van der Waals surface area contributed by atoms with E-state index >= 15 is 0 Å². The van der Waals surface area contributed by atoms with E-state index in [0.29, 0.717) is 11.1 Å². The Bertz CT molecular complexity index is 588. The Hall–Kier alpha value is -1.46. The average Bonchev–Trinajstić information content (AvgIpc) is 2.39. The highest BCUT2D eigenvalue weighted by Gasteiger charge is 2.06. The van der Waals surface area contributed by atoms with Crippen LogP contribution in [0.2, 0.25) is 0 Å². The van der Waals surface area contributed by atoms with Gasteiger partial charge in [-0.15, -0.1) is 0 Å². The summed E-state index contributed by atoms with van der Waals surface area (Å²) < 4.78 is 32.8. The molecule has 0 heterocycles. The van der Waals surface area contributed by atoms with Crippen molar-refractivity contribution < 1.29 is 18.6 Å². The van der Waals surface area contributed by atoms with E-state index in [4.69, 9.17) is 9.84 Å². The number of hydrogen-bond acceptors (Lipinski definition) is 2. The highest BCUT2D eigenvalue weighted by atomic mass is 79.9. The maximum Gasteiger partial charge on any atom is 0.129 e. The fourth-order valence-electron chi connectivity index (χ4n) is 1.61. The van der Waals surface area contributed by atoms with Crippen molar-refractivity contribution in [1.29, 1.82) is 0 Å².